The molecule has 0 amide bonds. The molecule has 0 saturated heterocycles. The van der Waals surface area contributed by atoms with Crippen molar-refractivity contribution in [1.82, 2.24) is 0 Å². The molecule has 0 aliphatic rings. The molecule has 70 valence electrons. The highest BCUT2D eigenvalue weighted by atomic mass is 35.5. The summed E-state index contributed by atoms with van der Waals surface area (Å²) in [6.45, 7) is 1.90. The molecule has 4 nitrogen and oxygen atoms in total. The molecule has 0 aromatic heterocycles. The molecule has 0 fully saturated rings. The Balaban J connectivity index is 3.63. The average Bonchev–Trinajstić information content (AvgIpc) is 2.00. The van der Waals surface area contributed by atoms with Gasteiger partial charge in [-0.05, 0) is 19.8 Å². The van der Waals surface area contributed by atoms with E-state index >= 15 is 0 Å². The Morgan fingerprint density at radius 1 is 1.58 bits per heavy atom. The Morgan fingerprint density at radius 2 is 2.17 bits per heavy atom. The van der Waals surface area contributed by atoms with E-state index in [-0.39, 0.29) is 19.4 Å². The lowest BCUT2D eigenvalue weighted by molar-refractivity contribution is -0.305. The van der Waals surface area contributed by atoms with Gasteiger partial charge in [0, 0.05) is 5.97 Å². The third kappa shape index (κ3) is 4.96. The molecule has 0 aliphatic carbocycles. The number of carbonyl (C=O) groups is 2. The average molecular weight is 194 g/mol. The number of carbonyl (C=O) groups excluding carboxylic acids is 2. The third-order valence-corrected chi connectivity index (χ3v) is 1.54. The minimum absolute atomic E-state index is 0.0444. The normalized spacial score (nSPS) is 12.2. The second-order valence-electron chi connectivity index (χ2n) is 2.13. The predicted octanol–water partition coefficient (Wildman–Crippen LogP) is -0.313. The van der Waals surface area contributed by atoms with Crippen LogP contribution < -0.4 is 5.11 Å². The predicted molar refractivity (Wildman–Crippen MR) is 40.5 cm³/mol. The van der Waals surface area contributed by atoms with Crippen molar-refractivity contribution >= 4 is 23.5 Å². The summed E-state index contributed by atoms with van der Waals surface area (Å²) < 4.78 is 4.55. The molecule has 1 unspecified atom stereocenters. The highest BCUT2D eigenvalue weighted by Gasteiger charge is 2.15. The first kappa shape index (κ1) is 11.2. The van der Waals surface area contributed by atoms with Crippen molar-refractivity contribution in [3.8, 4) is 0 Å². The molecule has 0 heterocycles. The van der Waals surface area contributed by atoms with Crippen LogP contribution >= 0.6 is 11.6 Å². The van der Waals surface area contributed by atoms with E-state index in [2.05, 4.69) is 4.74 Å². The lowest BCUT2D eigenvalue weighted by Gasteiger charge is -2.08. The monoisotopic (exact) mass is 193 g/mol. The molecule has 0 aromatic rings. The molecule has 0 rings (SSSR count). The van der Waals surface area contributed by atoms with Crippen molar-refractivity contribution < 1.29 is 19.4 Å². The van der Waals surface area contributed by atoms with Crippen LogP contribution in [0.5, 0.6) is 0 Å². The lowest BCUT2D eigenvalue weighted by atomic mass is 10.2. The van der Waals surface area contributed by atoms with Crippen molar-refractivity contribution in [2.45, 2.75) is 25.1 Å². The van der Waals surface area contributed by atoms with Crippen molar-refractivity contribution in [2.24, 2.45) is 0 Å². The van der Waals surface area contributed by atoms with Crippen LogP contribution in [0.15, 0.2) is 0 Å². The number of alkyl halides is 1. The summed E-state index contributed by atoms with van der Waals surface area (Å²) >= 11 is 5.49. The zero-order valence-corrected chi connectivity index (χ0v) is 7.47. The first-order valence-electron chi connectivity index (χ1n) is 3.58. The van der Waals surface area contributed by atoms with E-state index in [9.17, 15) is 14.7 Å². The van der Waals surface area contributed by atoms with Crippen LogP contribution in [0.25, 0.3) is 0 Å². The summed E-state index contributed by atoms with van der Waals surface area (Å²) in [5.41, 5.74) is 0. The van der Waals surface area contributed by atoms with Crippen LogP contribution in [0.4, 0.5) is 0 Å². The fraction of sp³-hybridized carbons (Fsp3) is 0.714. The fourth-order valence-electron chi connectivity index (χ4n) is 0.595. The maximum atomic E-state index is 10.8. The van der Waals surface area contributed by atoms with E-state index in [4.69, 9.17) is 11.6 Å². The van der Waals surface area contributed by atoms with E-state index in [1.807, 2.05) is 0 Å². The van der Waals surface area contributed by atoms with Gasteiger partial charge in [0.05, 0.1) is 6.61 Å². The fourth-order valence-corrected chi connectivity index (χ4v) is 0.767. The van der Waals surface area contributed by atoms with Gasteiger partial charge in [0.25, 0.3) is 0 Å². The molecule has 0 spiro atoms. The molecule has 12 heavy (non-hydrogen) atoms. The zero-order valence-electron chi connectivity index (χ0n) is 6.71. The highest BCUT2D eigenvalue weighted by molar-refractivity contribution is 6.29. The Bertz CT molecular complexity index is 169. The quantitative estimate of drug-likeness (QED) is 0.444. The van der Waals surface area contributed by atoms with Crippen LogP contribution in [0.3, 0.4) is 0 Å². The largest absolute Gasteiger partial charge is 0.550 e. The van der Waals surface area contributed by atoms with Gasteiger partial charge in [-0.2, -0.15) is 0 Å². The first-order valence-corrected chi connectivity index (χ1v) is 4.02. The highest BCUT2D eigenvalue weighted by Crippen LogP contribution is 2.06. The van der Waals surface area contributed by atoms with Gasteiger partial charge in [-0.1, -0.05) is 0 Å². The van der Waals surface area contributed by atoms with Gasteiger partial charge in [0.15, 0.2) is 0 Å². The van der Waals surface area contributed by atoms with Crippen LogP contribution in [0.1, 0.15) is 19.8 Å². The van der Waals surface area contributed by atoms with Gasteiger partial charge < -0.3 is 14.6 Å². The number of rotatable bonds is 5. The Morgan fingerprint density at radius 3 is 2.58 bits per heavy atom. The van der Waals surface area contributed by atoms with Crippen molar-refractivity contribution in [3.63, 3.8) is 0 Å². The molecule has 1 atom stereocenters. The number of carboxylic acid groups (broad SMARTS) is 1. The molecule has 0 radical (unpaired) electrons. The Hall–Kier alpha value is -0.770. The van der Waals surface area contributed by atoms with Crippen LogP contribution in [-0.2, 0) is 14.3 Å². The maximum Gasteiger partial charge on any atom is 0.324 e. The maximum absolute atomic E-state index is 10.8. The second-order valence-corrected chi connectivity index (χ2v) is 2.66. The molecule has 0 bridgehead atoms. The van der Waals surface area contributed by atoms with E-state index in [1.54, 1.807) is 6.92 Å². The first-order chi connectivity index (χ1) is 5.57. The zero-order chi connectivity index (χ0) is 9.56. The molecule has 0 aliphatic heterocycles. The van der Waals surface area contributed by atoms with Gasteiger partial charge in [0.1, 0.15) is 5.38 Å². The minimum atomic E-state index is -1.22. The molecular formula is C7H10ClO4-. The van der Waals surface area contributed by atoms with Crippen molar-refractivity contribution in [3.05, 3.63) is 0 Å². The third-order valence-electron chi connectivity index (χ3n) is 1.14. The Kier molecular flexibility index (Phi) is 5.45. The van der Waals surface area contributed by atoms with Gasteiger partial charge in [-0.15, -0.1) is 11.6 Å². The van der Waals surface area contributed by atoms with Gasteiger partial charge in [-0.25, -0.2) is 0 Å². The minimum Gasteiger partial charge on any atom is -0.550 e. The number of halogens is 1. The van der Waals surface area contributed by atoms with Crippen LogP contribution in [-0.4, -0.2) is 23.9 Å². The van der Waals surface area contributed by atoms with E-state index in [0.29, 0.717) is 0 Å². The number of esters is 1. The summed E-state index contributed by atoms with van der Waals surface area (Å²) in [7, 11) is 0. The number of ether oxygens (including phenoxy) is 1. The van der Waals surface area contributed by atoms with Gasteiger partial charge in [0.2, 0.25) is 0 Å². The molecule has 0 saturated carbocycles. The van der Waals surface area contributed by atoms with Crippen LogP contribution in [0.2, 0.25) is 0 Å². The molecule has 0 N–H and O–H groups in total. The summed E-state index contributed by atoms with van der Waals surface area (Å²) in [5.74, 6) is -1.80. The standard InChI is InChI=1S/C7H11ClO4/c1-2-12-7(11)5(8)3-4-6(9)10/h5H,2-4H2,1H3,(H,9,10)/p-1. The van der Waals surface area contributed by atoms with E-state index in [0.717, 1.165) is 0 Å². The summed E-state index contributed by atoms with van der Waals surface area (Å²) in [5, 5.41) is 9.08. The summed E-state index contributed by atoms with van der Waals surface area (Å²) in [6, 6.07) is 0. The lowest BCUT2D eigenvalue weighted by Crippen LogP contribution is -2.25. The summed E-state index contributed by atoms with van der Waals surface area (Å²) in [6.07, 6.45) is -0.185. The van der Waals surface area contributed by atoms with Crippen LogP contribution in [0, 0.1) is 0 Å². The van der Waals surface area contributed by atoms with Gasteiger partial charge >= 0.3 is 5.97 Å². The topological polar surface area (TPSA) is 66.4 Å². The van der Waals surface area contributed by atoms with Gasteiger partial charge in [-0.3, -0.25) is 4.79 Å². The molecular weight excluding hydrogens is 184 g/mol. The van der Waals surface area contributed by atoms with Crippen molar-refractivity contribution in [2.75, 3.05) is 6.61 Å². The number of hydrogen-bond donors (Lipinski definition) is 0. The van der Waals surface area contributed by atoms with E-state index in [1.165, 1.54) is 0 Å². The van der Waals surface area contributed by atoms with Crippen molar-refractivity contribution in [1.29, 1.82) is 0 Å². The SMILES string of the molecule is CCOC(=O)C(Cl)CCC(=O)[O-]. The second kappa shape index (κ2) is 5.83. The Labute approximate surface area is 75.5 Å². The number of aliphatic carboxylic acids is 1. The smallest absolute Gasteiger partial charge is 0.324 e. The number of carboxylic acids is 1. The van der Waals surface area contributed by atoms with E-state index < -0.39 is 17.3 Å². The molecule has 5 heteroatoms. The summed E-state index contributed by atoms with van der Waals surface area (Å²) in [4.78, 5) is 20.8. The number of hydrogen-bond acceptors (Lipinski definition) is 4. The molecule has 0 aromatic carbocycles.